The molecule has 0 bridgehead atoms. The highest BCUT2D eigenvalue weighted by Crippen LogP contribution is 2.27. The molecule has 0 aliphatic carbocycles. The zero-order valence-electron chi connectivity index (χ0n) is 11.2. The van der Waals surface area contributed by atoms with E-state index in [4.69, 9.17) is 33.0 Å². The standard InChI is InChI=1S/C14H15Cl2NO4/c15-9-4-5-12(10(16)7-9)21-8-13(18)17-6-2-1-3-11(17)14(19)20/h4-5,7,11H,1-3,6,8H2,(H,19,20)/t11-/m0/s1. The summed E-state index contributed by atoms with van der Waals surface area (Å²) in [6.45, 7) is 0.193. The Balaban J connectivity index is 1.98. The van der Waals surface area contributed by atoms with E-state index in [1.54, 1.807) is 12.1 Å². The molecule has 2 rings (SSSR count). The number of aliphatic carboxylic acids is 1. The Kier molecular flexibility index (Phi) is 5.31. The van der Waals surface area contributed by atoms with Crippen molar-refractivity contribution < 1.29 is 19.4 Å². The molecule has 1 aliphatic heterocycles. The first-order valence-electron chi connectivity index (χ1n) is 6.59. The summed E-state index contributed by atoms with van der Waals surface area (Å²) < 4.78 is 5.36. The molecule has 0 radical (unpaired) electrons. The maximum absolute atomic E-state index is 12.1. The highest BCUT2D eigenvalue weighted by Gasteiger charge is 2.32. The fourth-order valence-electron chi connectivity index (χ4n) is 2.30. The van der Waals surface area contributed by atoms with Gasteiger partial charge in [-0.05, 0) is 37.5 Å². The molecule has 1 amide bonds. The quantitative estimate of drug-likeness (QED) is 0.921. The molecule has 1 saturated heterocycles. The van der Waals surface area contributed by atoms with Crippen LogP contribution in [0.2, 0.25) is 10.0 Å². The molecule has 5 nitrogen and oxygen atoms in total. The number of carbonyl (C=O) groups is 2. The molecule has 1 N–H and O–H groups in total. The molecule has 0 unspecified atom stereocenters. The molecule has 1 heterocycles. The summed E-state index contributed by atoms with van der Waals surface area (Å²) in [6.07, 6.45) is 2.09. The number of carboxylic acid groups (broad SMARTS) is 1. The van der Waals surface area contributed by atoms with Gasteiger partial charge in [-0.25, -0.2) is 4.79 Å². The molecular weight excluding hydrogens is 317 g/mol. The van der Waals surface area contributed by atoms with E-state index in [1.807, 2.05) is 0 Å². The molecular formula is C14H15Cl2NO4. The van der Waals surface area contributed by atoms with Crippen molar-refractivity contribution in [3.05, 3.63) is 28.2 Å². The van der Waals surface area contributed by atoms with Gasteiger partial charge in [0.1, 0.15) is 11.8 Å². The summed E-state index contributed by atoms with van der Waals surface area (Å²) >= 11 is 11.7. The lowest BCUT2D eigenvalue weighted by Crippen LogP contribution is -2.49. The van der Waals surface area contributed by atoms with Crippen LogP contribution in [0.1, 0.15) is 19.3 Å². The van der Waals surface area contributed by atoms with Gasteiger partial charge in [0.2, 0.25) is 0 Å². The number of nitrogens with zero attached hydrogens (tertiary/aromatic N) is 1. The average Bonchev–Trinajstić information content (AvgIpc) is 2.46. The van der Waals surface area contributed by atoms with Crippen molar-refractivity contribution in [3.8, 4) is 5.75 Å². The first-order chi connectivity index (χ1) is 9.99. The monoisotopic (exact) mass is 331 g/mol. The summed E-state index contributed by atoms with van der Waals surface area (Å²) in [5.41, 5.74) is 0. The number of carbonyl (C=O) groups excluding carboxylic acids is 1. The smallest absolute Gasteiger partial charge is 0.326 e. The predicted octanol–water partition coefficient (Wildman–Crippen LogP) is 2.84. The third-order valence-corrected chi connectivity index (χ3v) is 3.88. The van der Waals surface area contributed by atoms with Crippen molar-refractivity contribution in [2.45, 2.75) is 25.3 Å². The summed E-state index contributed by atoms with van der Waals surface area (Å²) in [4.78, 5) is 24.7. The van der Waals surface area contributed by atoms with Crippen LogP contribution in [0.25, 0.3) is 0 Å². The first-order valence-corrected chi connectivity index (χ1v) is 7.35. The summed E-state index contributed by atoms with van der Waals surface area (Å²) in [5, 5.41) is 9.93. The molecule has 1 aromatic carbocycles. The Morgan fingerprint density at radius 3 is 2.76 bits per heavy atom. The lowest BCUT2D eigenvalue weighted by atomic mass is 10.0. The van der Waals surface area contributed by atoms with Gasteiger partial charge in [-0.2, -0.15) is 0 Å². The number of benzene rings is 1. The lowest BCUT2D eigenvalue weighted by Gasteiger charge is -2.32. The molecule has 0 saturated carbocycles. The Labute approximate surface area is 132 Å². The number of amides is 1. The van der Waals surface area contributed by atoms with Crippen LogP contribution < -0.4 is 4.74 Å². The molecule has 21 heavy (non-hydrogen) atoms. The summed E-state index contributed by atoms with van der Waals surface area (Å²) in [6, 6.07) is 3.93. The highest BCUT2D eigenvalue weighted by atomic mass is 35.5. The SMILES string of the molecule is O=C(O)[C@@H]1CCCCN1C(=O)COc1ccc(Cl)cc1Cl. The average molecular weight is 332 g/mol. The van der Waals surface area contributed by atoms with Crippen molar-refractivity contribution in [2.24, 2.45) is 0 Å². The molecule has 0 aromatic heterocycles. The van der Waals surface area contributed by atoms with Crippen LogP contribution in [0.3, 0.4) is 0 Å². The van der Waals surface area contributed by atoms with Crippen LogP contribution in [0, 0.1) is 0 Å². The van der Waals surface area contributed by atoms with Gasteiger partial charge in [0.25, 0.3) is 5.91 Å². The van der Waals surface area contributed by atoms with E-state index in [1.165, 1.54) is 11.0 Å². The van der Waals surface area contributed by atoms with Crippen molar-refractivity contribution in [3.63, 3.8) is 0 Å². The molecule has 1 aromatic rings. The Bertz CT molecular complexity index is 550. The third-order valence-electron chi connectivity index (χ3n) is 3.35. The Morgan fingerprint density at radius 1 is 1.33 bits per heavy atom. The Morgan fingerprint density at radius 2 is 2.10 bits per heavy atom. The minimum absolute atomic E-state index is 0.245. The van der Waals surface area contributed by atoms with Gasteiger partial charge in [0, 0.05) is 11.6 Å². The number of piperidine rings is 1. The lowest BCUT2D eigenvalue weighted by molar-refractivity contribution is -0.152. The van der Waals surface area contributed by atoms with E-state index in [0.717, 1.165) is 12.8 Å². The van der Waals surface area contributed by atoms with E-state index in [2.05, 4.69) is 0 Å². The van der Waals surface area contributed by atoms with Crippen LogP contribution >= 0.6 is 23.2 Å². The number of carboxylic acids is 1. The van der Waals surface area contributed by atoms with E-state index in [-0.39, 0.29) is 12.5 Å². The molecule has 1 atom stereocenters. The number of hydrogen-bond donors (Lipinski definition) is 1. The van der Waals surface area contributed by atoms with Gasteiger partial charge < -0.3 is 14.7 Å². The number of hydrogen-bond acceptors (Lipinski definition) is 3. The Hall–Kier alpha value is -1.46. The second-order valence-electron chi connectivity index (χ2n) is 4.80. The van der Waals surface area contributed by atoms with Gasteiger partial charge in [-0.1, -0.05) is 23.2 Å². The van der Waals surface area contributed by atoms with Crippen LogP contribution in [-0.4, -0.2) is 41.1 Å². The van der Waals surface area contributed by atoms with Gasteiger partial charge in [-0.3, -0.25) is 4.79 Å². The van der Waals surface area contributed by atoms with Crippen molar-refractivity contribution in [2.75, 3.05) is 13.2 Å². The molecule has 7 heteroatoms. The topological polar surface area (TPSA) is 66.8 Å². The summed E-state index contributed by atoms with van der Waals surface area (Å²) in [7, 11) is 0. The number of halogens is 2. The van der Waals surface area contributed by atoms with E-state index in [0.29, 0.717) is 28.8 Å². The number of rotatable bonds is 4. The fraction of sp³-hybridized carbons (Fsp3) is 0.429. The van der Waals surface area contributed by atoms with E-state index in [9.17, 15) is 9.59 Å². The van der Waals surface area contributed by atoms with Crippen LogP contribution in [0.5, 0.6) is 5.75 Å². The van der Waals surface area contributed by atoms with E-state index < -0.39 is 12.0 Å². The van der Waals surface area contributed by atoms with Crippen LogP contribution in [0.15, 0.2) is 18.2 Å². The predicted molar refractivity (Wildman–Crippen MR) is 78.9 cm³/mol. The molecule has 0 spiro atoms. The number of ether oxygens (including phenoxy) is 1. The third kappa shape index (κ3) is 4.02. The minimum Gasteiger partial charge on any atom is -0.482 e. The minimum atomic E-state index is -0.979. The van der Waals surface area contributed by atoms with Gasteiger partial charge >= 0.3 is 5.97 Å². The van der Waals surface area contributed by atoms with Crippen LogP contribution in [-0.2, 0) is 9.59 Å². The zero-order chi connectivity index (χ0) is 15.4. The second kappa shape index (κ2) is 7.00. The fourth-order valence-corrected chi connectivity index (χ4v) is 2.76. The largest absolute Gasteiger partial charge is 0.482 e. The molecule has 114 valence electrons. The number of likely N-dealkylation sites (tertiary alicyclic amines) is 1. The highest BCUT2D eigenvalue weighted by molar-refractivity contribution is 6.35. The van der Waals surface area contributed by atoms with Gasteiger partial charge in [0.15, 0.2) is 6.61 Å². The van der Waals surface area contributed by atoms with Gasteiger partial charge in [-0.15, -0.1) is 0 Å². The van der Waals surface area contributed by atoms with Crippen LogP contribution in [0.4, 0.5) is 0 Å². The second-order valence-corrected chi connectivity index (χ2v) is 5.64. The van der Waals surface area contributed by atoms with E-state index >= 15 is 0 Å². The van der Waals surface area contributed by atoms with Crippen molar-refractivity contribution in [1.29, 1.82) is 0 Å². The summed E-state index contributed by atoms with van der Waals surface area (Å²) in [5.74, 6) is -0.987. The van der Waals surface area contributed by atoms with Crippen molar-refractivity contribution >= 4 is 35.1 Å². The molecule has 1 fully saturated rings. The maximum Gasteiger partial charge on any atom is 0.326 e. The maximum atomic E-state index is 12.1. The normalized spacial score (nSPS) is 18.4. The molecule has 1 aliphatic rings. The zero-order valence-corrected chi connectivity index (χ0v) is 12.7. The van der Waals surface area contributed by atoms with Gasteiger partial charge in [0.05, 0.1) is 5.02 Å². The first kappa shape index (κ1) is 15.9. The van der Waals surface area contributed by atoms with Crippen molar-refractivity contribution in [1.82, 2.24) is 4.90 Å².